The van der Waals surface area contributed by atoms with E-state index in [0.717, 1.165) is 22.1 Å². The van der Waals surface area contributed by atoms with Crippen molar-refractivity contribution in [3.05, 3.63) is 30.1 Å². The summed E-state index contributed by atoms with van der Waals surface area (Å²) < 4.78 is 0. The van der Waals surface area contributed by atoms with Crippen LogP contribution >= 0.6 is 12.4 Å². The van der Waals surface area contributed by atoms with Crippen molar-refractivity contribution in [2.75, 3.05) is 5.32 Å². The number of aromatic amines is 1. The van der Waals surface area contributed by atoms with Crippen molar-refractivity contribution in [3.8, 4) is 0 Å². The van der Waals surface area contributed by atoms with E-state index in [1.807, 2.05) is 6.20 Å². The van der Waals surface area contributed by atoms with Gasteiger partial charge in [0.15, 0.2) is 0 Å². The number of halogens is 1. The third-order valence-electron chi connectivity index (χ3n) is 4.48. The van der Waals surface area contributed by atoms with Crippen molar-refractivity contribution in [3.63, 3.8) is 0 Å². The number of fused-ring (bicyclic) bond motifs is 3. The molecular weight excluding hydrogens is 296 g/mol. The minimum absolute atomic E-state index is 0. The molecule has 0 bridgehead atoms. The van der Waals surface area contributed by atoms with Crippen LogP contribution in [0.3, 0.4) is 0 Å². The van der Waals surface area contributed by atoms with Crippen molar-refractivity contribution in [1.29, 1.82) is 0 Å². The van der Waals surface area contributed by atoms with Crippen molar-refractivity contribution < 1.29 is 0 Å². The summed E-state index contributed by atoms with van der Waals surface area (Å²) in [6.07, 6.45) is 8.44. The average molecular weight is 317 g/mol. The lowest BCUT2D eigenvalue weighted by Gasteiger charge is -2.24. The van der Waals surface area contributed by atoms with Crippen LogP contribution < -0.4 is 5.32 Å². The highest BCUT2D eigenvalue weighted by Gasteiger charge is 2.16. The normalized spacial score (nSPS) is 15.9. The van der Waals surface area contributed by atoms with Crippen LogP contribution in [0.15, 0.2) is 24.4 Å². The van der Waals surface area contributed by atoms with Gasteiger partial charge in [-0.3, -0.25) is 10.1 Å². The number of anilines is 1. The number of benzene rings is 1. The van der Waals surface area contributed by atoms with Gasteiger partial charge in [-0.1, -0.05) is 19.3 Å². The predicted octanol–water partition coefficient (Wildman–Crippen LogP) is 4.59. The fourth-order valence-electron chi connectivity index (χ4n) is 3.45. The van der Waals surface area contributed by atoms with Gasteiger partial charge in [-0.2, -0.15) is 5.10 Å². The molecule has 0 spiro atoms. The van der Waals surface area contributed by atoms with Gasteiger partial charge in [0.1, 0.15) is 0 Å². The first-order chi connectivity index (χ1) is 10.3. The SMILES string of the molecule is Cc1cc(NC2CCCCC2)c2c(ccc3cn[nH]c32)n1.Cl. The number of aromatic nitrogens is 3. The van der Waals surface area contributed by atoms with E-state index in [1.165, 1.54) is 43.2 Å². The molecule has 4 rings (SSSR count). The fourth-order valence-corrected chi connectivity index (χ4v) is 3.45. The molecule has 0 atom stereocenters. The van der Waals surface area contributed by atoms with E-state index in [4.69, 9.17) is 0 Å². The van der Waals surface area contributed by atoms with Crippen LogP contribution in [0.1, 0.15) is 37.8 Å². The Kier molecular flexibility index (Phi) is 4.21. The smallest absolute Gasteiger partial charge is 0.0765 e. The van der Waals surface area contributed by atoms with Crippen LogP contribution in [-0.2, 0) is 0 Å². The minimum Gasteiger partial charge on any atom is -0.382 e. The van der Waals surface area contributed by atoms with Crippen molar-refractivity contribution in [1.82, 2.24) is 15.2 Å². The molecule has 1 aliphatic rings. The van der Waals surface area contributed by atoms with Crippen molar-refractivity contribution in [2.45, 2.75) is 45.1 Å². The largest absolute Gasteiger partial charge is 0.382 e. The Bertz CT molecular complexity index is 790. The lowest BCUT2D eigenvalue weighted by Crippen LogP contribution is -2.22. The quantitative estimate of drug-likeness (QED) is 0.727. The number of hydrogen-bond donors (Lipinski definition) is 2. The average Bonchev–Trinajstić information content (AvgIpc) is 2.96. The number of nitrogens with one attached hydrogen (secondary N) is 2. The topological polar surface area (TPSA) is 53.6 Å². The summed E-state index contributed by atoms with van der Waals surface area (Å²) in [5, 5.41) is 13.4. The van der Waals surface area contributed by atoms with Gasteiger partial charge in [-0.25, -0.2) is 0 Å². The summed E-state index contributed by atoms with van der Waals surface area (Å²) in [6.45, 7) is 2.06. The lowest BCUT2D eigenvalue weighted by atomic mass is 9.95. The Labute approximate surface area is 136 Å². The van der Waals surface area contributed by atoms with E-state index in [-0.39, 0.29) is 12.4 Å². The van der Waals surface area contributed by atoms with E-state index < -0.39 is 0 Å². The molecule has 2 aromatic heterocycles. The molecule has 2 N–H and O–H groups in total. The highest BCUT2D eigenvalue weighted by Crippen LogP contribution is 2.31. The monoisotopic (exact) mass is 316 g/mol. The second kappa shape index (κ2) is 6.13. The molecule has 2 heterocycles. The molecule has 5 heteroatoms. The molecular formula is C17H21ClN4. The zero-order chi connectivity index (χ0) is 14.2. The van der Waals surface area contributed by atoms with Crippen LogP contribution in [0.5, 0.6) is 0 Å². The number of pyridine rings is 1. The molecule has 0 saturated heterocycles. The molecule has 22 heavy (non-hydrogen) atoms. The van der Waals surface area contributed by atoms with Gasteiger partial charge in [0.05, 0.1) is 17.2 Å². The Balaban J connectivity index is 0.00000144. The van der Waals surface area contributed by atoms with Gasteiger partial charge in [0, 0.05) is 28.2 Å². The summed E-state index contributed by atoms with van der Waals surface area (Å²) in [5.41, 5.74) is 4.36. The third kappa shape index (κ3) is 2.63. The summed E-state index contributed by atoms with van der Waals surface area (Å²) in [5.74, 6) is 0. The second-order valence-electron chi connectivity index (χ2n) is 6.08. The highest BCUT2D eigenvalue weighted by atomic mass is 35.5. The molecule has 0 unspecified atom stereocenters. The summed E-state index contributed by atoms with van der Waals surface area (Å²) in [7, 11) is 0. The van der Waals surface area contributed by atoms with Crippen LogP contribution in [0.25, 0.3) is 21.8 Å². The Morgan fingerprint density at radius 2 is 2.00 bits per heavy atom. The van der Waals surface area contributed by atoms with Crippen LogP contribution in [-0.4, -0.2) is 21.2 Å². The van der Waals surface area contributed by atoms with E-state index in [2.05, 4.69) is 45.6 Å². The molecule has 0 aliphatic heterocycles. The van der Waals surface area contributed by atoms with Gasteiger partial charge < -0.3 is 5.32 Å². The zero-order valence-corrected chi connectivity index (χ0v) is 13.5. The van der Waals surface area contributed by atoms with Gasteiger partial charge in [0.25, 0.3) is 0 Å². The maximum Gasteiger partial charge on any atom is 0.0765 e. The summed E-state index contributed by atoms with van der Waals surface area (Å²) in [6, 6.07) is 6.92. The van der Waals surface area contributed by atoms with E-state index in [0.29, 0.717) is 6.04 Å². The first kappa shape index (κ1) is 15.1. The van der Waals surface area contributed by atoms with Crippen molar-refractivity contribution >= 4 is 39.9 Å². The Morgan fingerprint density at radius 3 is 2.82 bits per heavy atom. The molecule has 0 radical (unpaired) electrons. The number of hydrogen-bond acceptors (Lipinski definition) is 3. The minimum atomic E-state index is 0. The van der Waals surface area contributed by atoms with E-state index in [1.54, 1.807) is 0 Å². The van der Waals surface area contributed by atoms with E-state index >= 15 is 0 Å². The predicted molar refractivity (Wildman–Crippen MR) is 93.9 cm³/mol. The molecule has 116 valence electrons. The molecule has 1 aliphatic carbocycles. The maximum absolute atomic E-state index is 4.67. The van der Waals surface area contributed by atoms with Crippen LogP contribution in [0.2, 0.25) is 0 Å². The van der Waals surface area contributed by atoms with Crippen LogP contribution in [0.4, 0.5) is 5.69 Å². The lowest BCUT2D eigenvalue weighted by molar-refractivity contribution is 0.463. The molecule has 0 amide bonds. The molecule has 1 fully saturated rings. The number of rotatable bonds is 2. The first-order valence-corrected chi connectivity index (χ1v) is 7.81. The van der Waals surface area contributed by atoms with Crippen molar-refractivity contribution in [2.24, 2.45) is 0 Å². The third-order valence-corrected chi connectivity index (χ3v) is 4.48. The highest BCUT2D eigenvalue weighted by molar-refractivity contribution is 6.10. The Morgan fingerprint density at radius 1 is 1.18 bits per heavy atom. The molecule has 3 aromatic rings. The zero-order valence-electron chi connectivity index (χ0n) is 12.7. The van der Waals surface area contributed by atoms with Gasteiger partial charge in [-0.05, 0) is 38.0 Å². The fraction of sp³-hybridized carbons (Fsp3) is 0.412. The van der Waals surface area contributed by atoms with Gasteiger partial charge >= 0.3 is 0 Å². The number of aryl methyl sites for hydroxylation is 1. The molecule has 4 nitrogen and oxygen atoms in total. The van der Waals surface area contributed by atoms with Gasteiger partial charge in [-0.15, -0.1) is 12.4 Å². The summed E-state index contributed by atoms with van der Waals surface area (Å²) >= 11 is 0. The van der Waals surface area contributed by atoms with Gasteiger partial charge in [0.2, 0.25) is 0 Å². The number of H-pyrrole nitrogens is 1. The summed E-state index contributed by atoms with van der Waals surface area (Å²) in [4.78, 5) is 4.67. The molecule has 1 saturated carbocycles. The second-order valence-corrected chi connectivity index (χ2v) is 6.08. The van der Waals surface area contributed by atoms with Crippen LogP contribution in [0, 0.1) is 6.92 Å². The molecule has 1 aromatic carbocycles. The van der Waals surface area contributed by atoms with E-state index in [9.17, 15) is 0 Å². The Hall–Kier alpha value is -1.81. The number of nitrogens with zero attached hydrogens (tertiary/aromatic N) is 2. The standard InChI is InChI=1S/C17H20N4.ClH/c1-11-9-15(20-13-5-3-2-4-6-13)16-14(19-11)8-7-12-10-18-21-17(12)16;/h7-10,13H,2-6H2,1H3,(H,18,21)(H,19,20);1H. The maximum atomic E-state index is 4.67. The first-order valence-electron chi connectivity index (χ1n) is 7.81.